The van der Waals surface area contributed by atoms with Crippen molar-refractivity contribution in [1.82, 2.24) is 4.90 Å². The zero-order chi connectivity index (χ0) is 20.2. The summed E-state index contributed by atoms with van der Waals surface area (Å²) >= 11 is 5.65. The van der Waals surface area contributed by atoms with Crippen molar-refractivity contribution in [3.8, 4) is 0 Å². The Bertz CT molecular complexity index is 692. The average molecular weight is 409 g/mol. The third-order valence-corrected chi connectivity index (χ3v) is 4.72. The fraction of sp³-hybridized carbons (Fsp3) is 0.529. The smallest absolute Gasteiger partial charge is 0.418 e. The third kappa shape index (κ3) is 5.49. The Hall–Kier alpha value is -2.00. The van der Waals surface area contributed by atoms with Gasteiger partial charge in [0, 0.05) is 5.02 Å². The first kappa shape index (κ1) is 21.3. The molecule has 1 aromatic rings. The zero-order valence-corrected chi connectivity index (χ0v) is 15.8. The number of carbonyl (C=O) groups is 2. The lowest BCUT2D eigenvalue weighted by molar-refractivity contribution is -0.917. The summed E-state index contributed by atoms with van der Waals surface area (Å²) in [6.07, 6.45) is -5.03. The van der Waals surface area contributed by atoms with Crippen LogP contribution < -0.4 is 10.2 Å². The van der Waals surface area contributed by atoms with Gasteiger partial charge in [-0.15, -0.1) is 0 Å². The maximum atomic E-state index is 13.2. The minimum absolute atomic E-state index is 0.0610. The third-order valence-electron chi connectivity index (χ3n) is 4.48. The SMILES string of the molecule is CCOC(=O)N1CC[NH+]([C@@H](C)C(=O)Nc2ccc(Cl)cc2C(F)(F)F)CC1. The molecule has 27 heavy (non-hydrogen) atoms. The second kappa shape index (κ2) is 8.79. The molecule has 1 saturated heterocycles. The van der Waals surface area contributed by atoms with Gasteiger partial charge in [0.05, 0.1) is 44.0 Å². The Morgan fingerprint density at radius 1 is 1.33 bits per heavy atom. The van der Waals surface area contributed by atoms with Gasteiger partial charge in [-0.2, -0.15) is 13.2 Å². The fourth-order valence-electron chi connectivity index (χ4n) is 2.91. The van der Waals surface area contributed by atoms with E-state index in [9.17, 15) is 22.8 Å². The molecule has 10 heteroatoms. The number of amides is 2. The molecule has 0 saturated carbocycles. The van der Waals surface area contributed by atoms with E-state index in [-0.39, 0.29) is 17.3 Å². The van der Waals surface area contributed by atoms with E-state index < -0.39 is 29.8 Å². The summed E-state index contributed by atoms with van der Waals surface area (Å²) in [4.78, 5) is 26.6. The number of rotatable bonds is 4. The normalized spacial score (nSPS) is 16.7. The quantitative estimate of drug-likeness (QED) is 0.801. The van der Waals surface area contributed by atoms with Gasteiger partial charge >= 0.3 is 12.3 Å². The van der Waals surface area contributed by atoms with Crippen molar-refractivity contribution in [2.45, 2.75) is 26.1 Å². The number of hydrogen-bond donors (Lipinski definition) is 2. The molecule has 0 aromatic heterocycles. The van der Waals surface area contributed by atoms with Crippen LogP contribution in [0.15, 0.2) is 18.2 Å². The molecule has 1 aliphatic heterocycles. The summed E-state index contributed by atoms with van der Waals surface area (Å²) < 4.78 is 44.4. The Balaban J connectivity index is 2.00. The van der Waals surface area contributed by atoms with Crippen LogP contribution in [0, 0.1) is 0 Å². The predicted molar refractivity (Wildman–Crippen MR) is 93.8 cm³/mol. The van der Waals surface area contributed by atoms with E-state index in [1.54, 1.807) is 18.7 Å². The van der Waals surface area contributed by atoms with Crippen LogP contribution in [0.25, 0.3) is 0 Å². The maximum Gasteiger partial charge on any atom is 0.418 e. The molecule has 150 valence electrons. The van der Waals surface area contributed by atoms with Crippen LogP contribution in [0.1, 0.15) is 19.4 Å². The minimum Gasteiger partial charge on any atom is -0.450 e. The summed E-state index contributed by atoms with van der Waals surface area (Å²) in [7, 11) is 0. The monoisotopic (exact) mass is 408 g/mol. The highest BCUT2D eigenvalue weighted by Gasteiger charge is 2.36. The molecule has 1 heterocycles. The first-order valence-corrected chi connectivity index (χ1v) is 8.95. The van der Waals surface area contributed by atoms with Gasteiger partial charge in [0.15, 0.2) is 6.04 Å². The lowest BCUT2D eigenvalue weighted by Gasteiger charge is -2.34. The summed E-state index contributed by atoms with van der Waals surface area (Å²) in [6, 6.07) is 2.64. The van der Waals surface area contributed by atoms with Gasteiger partial charge in [0.25, 0.3) is 5.91 Å². The van der Waals surface area contributed by atoms with Gasteiger partial charge < -0.3 is 15.0 Å². The van der Waals surface area contributed by atoms with Crippen LogP contribution in [0.5, 0.6) is 0 Å². The van der Waals surface area contributed by atoms with Gasteiger partial charge in [-0.3, -0.25) is 9.69 Å². The number of anilines is 1. The molecule has 0 spiro atoms. The molecule has 1 atom stereocenters. The Labute approximate surface area is 160 Å². The molecular weight excluding hydrogens is 387 g/mol. The zero-order valence-electron chi connectivity index (χ0n) is 15.0. The van der Waals surface area contributed by atoms with Crippen molar-refractivity contribution in [3.63, 3.8) is 0 Å². The summed E-state index contributed by atoms with van der Waals surface area (Å²) in [6.45, 7) is 5.49. The topological polar surface area (TPSA) is 63.1 Å². The first-order valence-electron chi connectivity index (χ1n) is 8.57. The largest absolute Gasteiger partial charge is 0.450 e. The second-order valence-electron chi connectivity index (χ2n) is 6.24. The van der Waals surface area contributed by atoms with Crippen molar-refractivity contribution in [2.75, 3.05) is 38.1 Å². The van der Waals surface area contributed by atoms with Crippen LogP contribution >= 0.6 is 11.6 Å². The predicted octanol–water partition coefficient (Wildman–Crippen LogP) is 2.04. The van der Waals surface area contributed by atoms with Gasteiger partial charge in [0.1, 0.15) is 0 Å². The standard InChI is InChI=1S/C17H21ClF3N3O3/c1-3-27-16(26)24-8-6-23(7-9-24)11(2)15(25)22-14-5-4-12(18)10-13(14)17(19,20)21/h4-5,10-11H,3,6-9H2,1-2H3,(H,22,25)/p+1/t11-/m0/s1. The molecule has 0 bridgehead atoms. The summed E-state index contributed by atoms with van der Waals surface area (Å²) in [5, 5.41) is 2.29. The van der Waals surface area contributed by atoms with Crippen molar-refractivity contribution < 1.29 is 32.4 Å². The fourth-order valence-corrected chi connectivity index (χ4v) is 3.08. The van der Waals surface area contributed by atoms with Gasteiger partial charge in [-0.25, -0.2) is 4.79 Å². The number of alkyl halides is 3. The maximum absolute atomic E-state index is 13.2. The van der Waals surface area contributed by atoms with Crippen molar-refractivity contribution in [2.24, 2.45) is 0 Å². The van der Waals surface area contributed by atoms with E-state index in [2.05, 4.69) is 5.32 Å². The van der Waals surface area contributed by atoms with E-state index in [1.165, 1.54) is 6.07 Å². The second-order valence-corrected chi connectivity index (χ2v) is 6.68. The van der Waals surface area contributed by atoms with E-state index in [0.717, 1.165) is 17.0 Å². The molecule has 0 aliphatic carbocycles. The van der Waals surface area contributed by atoms with E-state index in [1.807, 2.05) is 0 Å². The molecule has 6 nitrogen and oxygen atoms in total. The highest BCUT2D eigenvalue weighted by Crippen LogP contribution is 2.36. The highest BCUT2D eigenvalue weighted by atomic mass is 35.5. The molecular formula is C17H22ClF3N3O3+. The number of carbonyl (C=O) groups excluding carboxylic acids is 2. The molecule has 2 N–H and O–H groups in total. The number of nitrogens with one attached hydrogen (secondary N) is 2. The van der Waals surface area contributed by atoms with Gasteiger partial charge in [0.2, 0.25) is 0 Å². The van der Waals surface area contributed by atoms with Crippen LogP contribution in [0.3, 0.4) is 0 Å². The molecule has 2 amide bonds. The van der Waals surface area contributed by atoms with E-state index >= 15 is 0 Å². The number of hydrogen-bond acceptors (Lipinski definition) is 3. The molecule has 2 rings (SSSR count). The van der Waals surface area contributed by atoms with Gasteiger partial charge in [-0.1, -0.05) is 11.6 Å². The summed E-state index contributed by atoms with van der Waals surface area (Å²) in [5.74, 6) is -0.526. The van der Waals surface area contributed by atoms with Crippen molar-refractivity contribution in [3.05, 3.63) is 28.8 Å². The van der Waals surface area contributed by atoms with Crippen LogP contribution in [0.2, 0.25) is 5.02 Å². The lowest BCUT2D eigenvalue weighted by atomic mass is 10.1. The number of ether oxygens (including phenoxy) is 1. The number of halogens is 4. The lowest BCUT2D eigenvalue weighted by Crippen LogP contribution is -3.19. The number of nitrogens with zero attached hydrogens (tertiary/aromatic N) is 1. The van der Waals surface area contributed by atoms with Gasteiger partial charge in [-0.05, 0) is 32.0 Å². The Kier molecular flexibility index (Phi) is 6.94. The minimum atomic E-state index is -4.63. The van der Waals surface area contributed by atoms with Crippen LogP contribution in [-0.2, 0) is 15.7 Å². The Morgan fingerprint density at radius 2 is 1.96 bits per heavy atom. The van der Waals surface area contributed by atoms with E-state index in [0.29, 0.717) is 26.2 Å². The number of benzene rings is 1. The molecule has 1 fully saturated rings. The van der Waals surface area contributed by atoms with Crippen molar-refractivity contribution in [1.29, 1.82) is 0 Å². The number of quaternary nitrogens is 1. The first-order chi connectivity index (χ1) is 12.6. The molecule has 1 aliphatic rings. The summed E-state index contributed by atoms with van der Waals surface area (Å²) in [5.41, 5.74) is -1.31. The molecule has 0 unspecified atom stereocenters. The van der Waals surface area contributed by atoms with E-state index in [4.69, 9.17) is 16.3 Å². The Morgan fingerprint density at radius 3 is 2.52 bits per heavy atom. The highest BCUT2D eigenvalue weighted by molar-refractivity contribution is 6.30. The van der Waals surface area contributed by atoms with Crippen LogP contribution in [0.4, 0.5) is 23.7 Å². The number of piperazine rings is 1. The molecule has 1 aromatic carbocycles. The van der Waals surface area contributed by atoms with Crippen molar-refractivity contribution >= 4 is 29.3 Å². The average Bonchev–Trinajstić information content (AvgIpc) is 2.62. The van der Waals surface area contributed by atoms with Crippen LogP contribution in [-0.4, -0.2) is 55.7 Å². The molecule has 0 radical (unpaired) electrons.